The second-order valence-electron chi connectivity index (χ2n) is 10.7. The fourth-order valence-electron chi connectivity index (χ4n) is 5.48. The molecule has 230 valence electrons. The first kappa shape index (κ1) is 29.9. The smallest absolute Gasteiger partial charge is 0.323 e. The molecule has 3 heterocycles. The number of piperazine rings is 1. The van der Waals surface area contributed by atoms with E-state index in [0.29, 0.717) is 17.2 Å². The molecule has 0 amide bonds. The normalized spacial score (nSPS) is 15.1. The summed E-state index contributed by atoms with van der Waals surface area (Å²) in [6.07, 6.45) is 3.08. The second-order valence-corrected chi connectivity index (χ2v) is 10.7. The number of pyridine rings is 1. The fourth-order valence-corrected chi connectivity index (χ4v) is 5.48. The van der Waals surface area contributed by atoms with Crippen molar-refractivity contribution in [1.82, 2.24) is 25.2 Å². The number of rotatable bonds is 9. The lowest BCUT2D eigenvalue weighted by Crippen LogP contribution is -2.48. The van der Waals surface area contributed by atoms with Crippen molar-refractivity contribution in [2.75, 3.05) is 36.0 Å². The van der Waals surface area contributed by atoms with E-state index >= 15 is 8.78 Å². The number of nitrogens with zero attached hydrogens (tertiary/aromatic N) is 7. The minimum absolute atomic E-state index is 0.421. The van der Waals surface area contributed by atoms with Crippen LogP contribution in [0, 0.1) is 11.6 Å². The zero-order valence-corrected chi connectivity index (χ0v) is 23.8. The van der Waals surface area contributed by atoms with Gasteiger partial charge in [0, 0.05) is 66.5 Å². The molecule has 9 nitrogen and oxygen atoms in total. The minimum atomic E-state index is -4.14. The molecule has 1 atom stereocenters. The molecule has 0 aliphatic carbocycles. The van der Waals surface area contributed by atoms with Gasteiger partial charge in [0.1, 0.15) is 29.9 Å². The summed E-state index contributed by atoms with van der Waals surface area (Å²) < 4.78 is 61.3. The maximum atomic E-state index is 16.0. The minimum Gasteiger partial charge on any atom is -0.377 e. The monoisotopic (exact) mass is 617 g/mol. The summed E-state index contributed by atoms with van der Waals surface area (Å²) in [6, 6.07) is 19.6. The Kier molecular flexibility index (Phi) is 8.02. The Labute approximate surface area is 255 Å². The topological polar surface area (TPSA) is 100 Å². The van der Waals surface area contributed by atoms with Crippen molar-refractivity contribution in [3.05, 3.63) is 120 Å². The molecule has 13 heteroatoms. The van der Waals surface area contributed by atoms with Crippen LogP contribution in [-0.4, -0.2) is 62.8 Å². The Hall–Kier alpha value is -5.17. The standard InChI is InChI=1S/C32H27F4N7O2/c33-25-6-11-28(29(34)17-25)31(45,20-43-21-38-39-40-43)32(35,36)30-12-5-24(18-37-30)23-3-9-27(10-4-23)42-15-13-41(14-16-42)26-7-1-22(19-44)2-8-26/h1-12,17-19,21,45H,13-16,20H2/t31-/m0/s1. The van der Waals surface area contributed by atoms with Gasteiger partial charge in [0.2, 0.25) is 0 Å². The molecule has 2 aromatic heterocycles. The molecule has 1 fully saturated rings. The molecule has 0 radical (unpaired) electrons. The Morgan fingerprint density at radius 2 is 1.44 bits per heavy atom. The van der Waals surface area contributed by atoms with E-state index in [4.69, 9.17) is 0 Å². The molecule has 45 heavy (non-hydrogen) atoms. The summed E-state index contributed by atoms with van der Waals surface area (Å²) in [5.74, 6) is -6.47. The van der Waals surface area contributed by atoms with Crippen LogP contribution in [0.15, 0.2) is 91.4 Å². The third-order valence-electron chi connectivity index (χ3n) is 8.00. The van der Waals surface area contributed by atoms with Gasteiger partial charge in [-0.05, 0) is 70.6 Å². The number of aliphatic hydroxyl groups is 1. The first-order valence-corrected chi connectivity index (χ1v) is 14.1. The number of alkyl halides is 2. The summed E-state index contributed by atoms with van der Waals surface area (Å²) in [5, 5.41) is 21.7. The average molecular weight is 618 g/mol. The van der Waals surface area contributed by atoms with Gasteiger partial charge < -0.3 is 14.9 Å². The van der Waals surface area contributed by atoms with Gasteiger partial charge in [0.25, 0.3) is 0 Å². The SMILES string of the molecule is O=Cc1ccc(N2CCN(c3ccc(-c4ccc(C(F)(F)[C@](O)(Cn5cnnn5)c5ccc(F)cc5F)nc4)cc3)CC2)cc1. The number of anilines is 2. The number of aromatic nitrogens is 5. The molecule has 0 unspecified atom stereocenters. The summed E-state index contributed by atoms with van der Waals surface area (Å²) in [7, 11) is 0. The number of tetrazole rings is 1. The first-order chi connectivity index (χ1) is 21.7. The van der Waals surface area contributed by atoms with Gasteiger partial charge in [-0.2, -0.15) is 8.78 Å². The van der Waals surface area contributed by atoms with Crippen LogP contribution in [0.25, 0.3) is 11.1 Å². The van der Waals surface area contributed by atoms with Crippen LogP contribution in [0.1, 0.15) is 21.6 Å². The highest BCUT2D eigenvalue weighted by atomic mass is 19.3. The quantitative estimate of drug-likeness (QED) is 0.186. The number of aldehydes is 1. The number of hydrogen-bond donors (Lipinski definition) is 1. The molecule has 1 N–H and O–H groups in total. The highest BCUT2D eigenvalue weighted by Gasteiger charge is 2.58. The molecule has 1 aliphatic rings. The molecule has 1 aliphatic heterocycles. The summed E-state index contributed by atoms with van der Waals surface area (Å²) in [5.41, 5.74) is -0.847. The van der Waals surface area contributed by atoms with Gasteiger partial charge in [0.15, 0.2) is 5.60 Å². The zero-order chi connectivity index (χ0) is 31.6. The Bertz CT molecular complexity index is 1760. The summed E-state index contributed by atoms with van der Waals surface area (Å²) in [6.45, 7) is 2.28. The van der Waals surface area contributed by atoms with Crippen molar-refractivity contribution < 1.29 is 27.5 Å². The van der Waals surface area contributed by atoms with Crippen molar-refractivity contribution >= 4 is 17.7 Å². The molecule has 1 saturated heterocycles. The van der Waals surface area contributed by atoms with Crippen molar-refractivity contribution in [3.63, 3.8) is 0 Å². The van der Waals surface area contributed by atoms with Crippen LogP contribution in [-0.2, 0) is 18.1 Å². The van der Waals surface area contributed by atoms with Gasteiger partial charge in [-0.3, -0.25) is 9.78 Å². The number of carbonyl (C=O) groups excluding carboxylic acids is 1. The Morgan fingerprint density at radius 1 is 0.822 bits per heavy atom. The van der Waals surface area contributed by atoms with Crippen LogP contribution >= 0.6 is 0 Å². The number of hydrogen-bond acceptors (Lipinski definition) is 8. The predicted molar refractivity (Wildman–Crippen MR) is 158 cm³/mol. The molecule has 0 spiro atoms. The maximum Gasteiger partial charge on any atom is 0.323 e. The van der Waals surface area contributed by atoms with E-state index in [1.807, 2.05) is 36.4 Å². The van der Waals surface area contributed by atoms with Crippen molar-refractivity contribution in [1.29, 1.82) is 0 Å². The maximum absolute atomic E-state index is 16.0. The van der Waals surface area contributed by atoms with Gasteiger partial charge in [0.05, 0.1) is 6.54 Å². The second kappa shape index (κ2) is 12.1. The van der Waals surface area contributed by atoms with Gasteiger partial charge >= 0.3 is 5.92 Å². The van der Waals surface area contributed by atoms with Gasteiger partial charge in [-0.25, -0.2) is 13.5 Å². The third-order valence-corrected chi connectivity index (χ3v) is 8.00. The molecule has 6 rings (SSSR count). The highest BCUT2D eigenvalue weighted by molar-refractivity contribution is 5.75. The Balaban J connectivity index is 1.18. The van der Waals surface area contributed by atoms with Gasteiger partial charge in [-0.15, -0.1) is 5.10 Å². The van der Waals surface area contributed by atoms with E-state index in [1.54, 1.807) is 12.1 Å². The van der Waals surface area contributed by atoms with Crippen LogP contribution in [0.4, 0.5) is 28.9 Å². The van der Waals surface area contributed by atoms with Crippen molar-refractivity contribution in [3.8, 4) is 11.1 Å². The van der Waals surface area contributed by atoms with E-state index in [-0.39, 0.29) is 0 Å². The molecular formula is C32H27F4N7O2. The molecule has 3 aromatic carbocycles. The van der Waals surface area contributed by atoms with E-state index in [2.05, 4.69) is 30.3 Å². The van der Waals surface area contributed by atoms with E-state index in [9.17, 15) is 18.7 Å². The summed E-state index contributed by atoms with van der Waals surface area (Å²) >= 11 is 0. The van der Waals surface area contributed by atoms with E-state index in [0.717, 1.165) is 78.6 Å². The molecule has 0 saturated carbocycles. The van der Waals surface area contributed by atoms with Crippen LogP contribution in [0.5, 0.6) is 0 Å². The largest absolute Gasteiger partial charge is 0.377 e. The number of benzene rings is 3. The van der Waals surface area contributed by atoms with E-state index in [1.165, 1.54) is 12.3 Å². The molecule has 5 aromatic rings. The molecular weight excluding hydrogens is 590 g/mol. The van der Waals surface area contributed by atoms with Crippen LogP contribution in [0.3, 0.4) is 0 Å². The first-order valence-electron chi connectivity index (χ1n) is 14.1. The van der Waals surface area contributed by atoms with Gasteiger partial charge in [-0.1, -0.05) is 18.2 Å². The van der Waals surface area contributed by atoms with Crippen molar-refractivity contribution in [2.24, 2.45) is 0 Å². The lowest BCUT2D eigenvalue weighted by atomic mass is 9.84. The van der Waals surface area contributed by atoms with Crippen LogP contribution in [0.2, 0.25) is 0 Å². The average Bonchev–Trinajstić information content (AvgIpc) is 3.58. The van der Waals surface area contributed by atoms with E-state index < -0.39 is 41.0 Å². The fraction of sp³-hybridized carbons (Fsp3) is 0.219. The number of halogens is 4. The zero-order valence-electron chi connectivity index (χ0n) is 23.8. The molecule has 0 bridgehead atoms. The summed E-state index contributed by atoms with van der Waals surface area (Å²) in [4.78, 5) is 19.4. The van der Waals surface area contributed by atoms with Crippen molar-refractivity contribution in [2.45, 2.75) is 18.1 Å². The predicted octanol–water partition coefficient (Wildman–Crippen LogP) is 4.83. The highest BCUT2D eigenvalue weighted by Crippen LogP contribution is 2.47. The third kappa shape index (κ3) is 5.86. The number of carbonyl (C=O) groups is 1. The van der Waals surface area contributed by atoms with Crippen LogP contribution < -0.4 is 9.80 Å². The Morgan fingerprint density at radius 3 is 1.98 bits per heavy atom. The lowest BCUT2D eigenvalue weighted by Gasteiger charge is -2.37. The lowest BCUT2D eigenvalue weighted by molar-refractivity contribution is -0.207.